The van der Waals surface area contributed by atoms with E-state index in [9.17, 15) is 18.5 Å². The fraction of sp³-hybridized carbons (Fsp3) is 0.0714. The van der Waals surface area contributed by atoms with Crippen molar-refractivity contribution in [2.75, 3.05) is 7.11 Å². The van der Waals surface area contributed by atoms with Crippen LogP contribution in [0.15, 0.2) is 47.4 Å². The second-order valence-corrected chi connectivity index (χ2v) is 5.75. The summed E-state index contributed by atoms with van der Waals surface area (Å²) < 4.78 is 34.5. The van der Waals surface area contributed by atoms with E-state index in [1.165, 1.54) is 37.4 Å². The molecule has 0 bridgehead atoms. The van der Waals surface area contributed by atoms with E-state index in [2.05, 4.69) is 0 Å². The zero-order chi connectivity index (χ0) is 17.0. The maximum absolute atomic E-state index is 12.3. The predicted molar refractivity (Wildman–Crippen MR) is 78.6 cm³/mol. The second-order valence-electron chi connectivity index (χ2n) is 4.24. The SMILES string of the molecule is COc1cc(C#N)ccc1OS(=O)(=O)c1ccccc1[N+](=O)[O-]. The monoisotopic (exact) mass is 334 g/mol. The lowest BCUT2D eigenvalue weighted by Crippen LogP contribution is -2.12. The van der Waals surface area contributed by atoms with Crippen molar-refractivity contribution in [1.29, 1.82) is 5.26 Å². The van der Waals surface area contributed by atoms with Gasteiger partial charge in [-0.1, -0.05) is 12.1 Å². The molecule has 0 aliphatic rings. The van der Waals surface area contributed by atoms with Crippen molar-refractivity contribution >= 4 is 15.8 Å². The van der Waals surface area contributed by atoms with Crippen LogP contribution >= 0.6 is 0 Å². The van der Waals surface area contributed by atoms with Gasteiger partial charge in [0, 0.05) is 12.1 Å². The lowest BCUT2D eigenvalue weighted by atomic mass is 10.2. The summed E-state index contributed by atoms with van der Waals surface area (Å²) >= 11 is 0. The molecule has 2 rings (SSSR count). The maximum Gasteiger partial charge on any atom is 0.346 e. The molecule has 2 aromatic rings. The number of hydrogen-bond donors (Lipinski definition) is 0. The van der Waals surface area contributed by atoms with E-state index >= 15 is 0 Å². The molecule has 0 heterocycles. The number of nitro benzene ring substituents is 1. The Kier molecular flexibility index (Phi) is 4.47. The molecule has 0 amide bonds. The number of nitro groups is 1. The van der Waals surface area contributed by atoms with Crippen LogP contribution in [0.1, 0.15) is 5.56 Å². The van der Waals surface area contributed by atoms with Crippen LogP contribution in [0.5, 0.6) is 11.5 Å². The topological polar surface area (TPSA) is 120 Å². The molecule has 0 spiro atoms. The Morgan fingerprint density at radius 3 is 2.48 bits per heavy atom. The van der Waals surface area contributed by atoms with Crippen molar-refractivity contribution in [3.63, 3.8) is 0 Å². The average Bonchev–Trinajstić information content (AvgIpc) is 2.54. The Bertz CT molecular complexity index is 902. The summed E-state index contributed by atoms with van der Waals surface area (Å²) in [7, 11) is -3.17. The molecule has 0 radical (unpaired) electrons. The van der Waals surface area contributed by atoms with E-state index < -0.39 is 25.6 Å². The van der Waals surface area contributed by atoms with E-state index in [-0.39, 0.29) is 17.1 Å². The van der Waals surface area contributed by atoms with Crippen molar-refractivity contribution < 1.29 is 22.3 Å². The van der Waals surface area contributed by atoms with E-state index in [0.717, 1.165) is 12.1 Å². The third-order valence-corrected chi connectivity index (χ3v) is 4.11. The molecule has 0 atom stereocenters. The van der Waals surface area contributed by atoms with Crippen molar-refractivity contribution in [3.8, 4) is 17.6 Å². The lowest BCUT2D eigenvalue weighted by Gasteiger charge is -2.11. The van der Waals surface area contributed by atoms with Gasteiger partial charge in [-0.2, -0.15) is 13.7 Å². The van der Waals surface area contributed by atoms with Gasteiger partial charge < -0.3 is 8.92 Å². The summed E-state index contributed by atoms with van der Waals surface area (Å²) in [6.45, 7) is 0. The smallest absolute Gasteiger partial charge is 0.346 e. The number of rotatable bonds is 5. The normalized spacial score (nSPS) is 10.6. The minimum Gasteiger partial charge on any atom is -0.493 e. The largest absolute Gasteiger partial charge is 0.493 e. The molecule has 0 saturated heterocycles. The summed E-state index contributed by atoms with van der Waals surface area (Å²) in [5.41, 5.74) is -0.350. The third-order valence-electron chi connectivity index (χ3n) is 2.82. The molecule has 9 heteroatoms. The van der Waals surface area contributed by atoms with Crippen LogP contribution in [0.2, 0.25) is 0 Å². The number of benzene rings is 2. The zero-order valence-electron chi connectivity index (χ0n) is 11.8. The van der Waals surface area contributed by atoms with E-state index in [4.69, 9.17) is 14.2 Å². The van der Waals surface area contributed by atoms with Crippen molar-refractivity contribution in [2.24, 2.45) is 0 Å². The molecule has 23 heavy (non-hydrogen) atoms. The fourth-order valence-corrected chi connectivity index (χ4v) is 2.90. The fourth-order valence-electron chi connectivity index (χ4n) is 1.79. The zero-order valence-corrected chi connectivity index (χ0v) is 12.6. The molecule has 0 aliphatic heterocycles. The average molecular weight is 334 g/mol. The van der Waals surface area contributed by atoms with Gasteiger partial charge in [-0.25, -0.2) is 0 Å². The van der Waals surface area contributed by atoms with Crippen LogP contribution in [0.25, 0.3) is 0 Å². The molecule has 118 valence electrons. The first-order chi connectivity index (χ1) is 10.9. The van der Waals surface area contributed by atoms with Gasteiger partial charge in [-0.05, 0) is 18.2 Å². The van der Waals surface area contributed by atoms with Crippen LogP contribution in [0, 0.1) is 21.4 Å². The molecular weight excluding hydrogens is 324 g/mol. The Morgan fingerprint density at radius 1 is 1.17 bits per heavy atom. The third kappa shape index (κ3) is 3.38. The highest BCUT2D eigenvalue weighted by molar-refractivity contribution is 7.87. The first-order valence-corrected chi connectivity index (χ1v) is 7.56. The molecule has 8 nitrogen and oxygen atoms in total. The number of ether oxygens (including phenoxy) is 1. The van der Waals surface area contributed by atoms with E-state index in [1.807, 2.05) is 6.07 Å². The highest BCUT2D eigenvalue weighted by atomic mass is 32.2. The Balaban J connectivity index is 2.48. The van der Waals surface area contributed by atoms with Gasteiger partial charge in [0.1, 0.15) is 0 Å². The quantitative estimate of drug-likeness (QED) is 0.467. The molecule has 2 aromatic carbocycles. The van der Waals surface area contributed by atoms with Crippen molar-refractivity contribution in [2.45, 2.75) is 4.90 Å². The Morgan fingerprint density at radius 2 is 1.87 bits per heavy atom. The molecular formula is C14H10N2O6S. The summed E-state index contributed by atoms with van der Waals surface area (Å²) in [4.78, 5) is 9.57. The minimum atomic E-state index is -4.45. The molecule has 0 N–H and O–H groups in total. The summed E-state index contributed by atoms with van der Waals surface area (Å²) in [6, 6.07) is 10.6. The first kappa shape index (κ1) is 16.3. The molecule has 0 saturated carbocycles. The molecule has 0 unspecified atom stereocenters. The van der Waals surface area contributed by atoms with E-state index in [0.29, 0.717) is 0 Å². The highest BCUT2D eigenvalue weighted by Crippen LogP contribution is 2.32. The number of methoxy groups -OCH3 is 1. The molecule has 0 aliphatic carbocycles. The number of hydrogen-bond acceptors (Lipinski definition) is 7. The second kappa shape index (κ2) is 6.33. The van der Waals surface area contributed by atoms with Crippen molar-refractivity contribution in [1.82, 2.24) is 0 Å². The lowest BCUT2D eigenvalue weighted by molar-refractivity contribution is -0.387. The van der Waals surface area contributed by atoms with E-state index in [1.54, 1.807) is 0 Å². The van der Waals surface area contributed by atoms with Gasteiger partial charge in [-0.3, -0.25) is 10.1 Å². The molecule has 0 aromatic heterocycles. The van der Waals surface area contributed by atoms with Crippen LogP contribution < -0.4 is 8.92 Å². The number of nitriles is 1. The Hall–Kier alpha value is -3.12. The van der Waals surface area contributed by atoms with Crippen LogP contribution in [0.3, 0.4) is 0 Å². The van der Waals surface area contributed by atoms with Gasteiger partial charge in [0.25, 0.3) is 5.69 Å². The first-order valence-electron chi connectivity index (χ1n) is 6.15. The highest BCUT2D eigenvalue weighted by Gasteiger charge is 2.28. The van der Waals surface area contributed by atoms with Crippen LogP contribution in [-0.2, 0) is 10.1 Å². The summed E-state index contributed by atoms with van der Waals surface area (Å²) in [5, 5.41) is 19.8. The minimum absolute atomic E-state index is 0.0196. The molecule has 0 fully saturated rings. The van der Waals surface area contributed by atoms with Crippen molar-refractivity contribution in [3.05, 3.63) is 58.1 Å². The maximum atomic E-state index is 12.3. The van der Waals surface area contributed by atoms with Gasteiger partial charge >= 0.3 is 10.1 Å². The Labute approximate surface area is 131 Å². The predicted octanol–water partition coefficient (Wildman–Crippen LogP) is 2.24. The van der Waals surface area contributed by atoms with Gasteiger partial charge in [-0.15, -0.1) is 0 Å². The summed E-state index contributed by atoms with van der Waals surface area (Å²) in [5.74, 6) is -0.157. The van der Waals surface area contributed by atoms with Gasteiger partial charge in [0.15, 0.2) is 16.4 Å². The van der Waals surface area contributed by atoms with Crippen LogP contribution in [0.4, 0.5) is 5.69 Å². The van der Waals surface area contributed by atoms with Gasteiger partial charge in [0.2, 0.25) is 0 Å². The van der Waals surface area contributed by atoms with Gasteiger partial charge in [0.05, 0.1) is 23.7 Å². The standard InChI is InChI=1S/C14H10N2O6S/c1-21-13-8-10(9-15)6-7-12(13)22-23(19,20)14-5-3-2-4-11(14)16(17)18/h2-8H,1H3. The number of nitrogens with zero attached hydrogens (tertiary/aromatic N) is 2. The number of para-hydroxylation sites is 1. The van der Waals surface area contributed by atoms with Crippen LogP contribution in [-0.4, -0.2) is 20.5 Å². The summed E-state index contributed by atoms with van der Waals surface area (Å²) in [6.07, 6.45) is 0.